The Labute approximate surface area is 179 Å². The lowest BCUT2D eigenvalue weighted by atomic mass is 9.78. The van der Waals surface area contributed by atoms with Crippen molar-refractivity contribution in [1.29, 1.82) is 0 Å². The molecule has 1 aliphatic carbocycles. The second-order valence-corrected chi connectivity index (χ2v) is 16.3. The first-order valence-corrected chi connectivity index (χ1v) is 13.6. The van der Waals surface area contributed by atoms with Gasteiger partial charge in [-0.1, -0.05) is 59.7 Å². The van der Waals surface area contributed by atoms with Crippen LogP contribution in [0.25, 0.3) is 0 Å². The zero-order chi connectivity index (χ0) is 20.9. The maximum Gasteiger partial charge on any atom is 0.315 e. The van der Waals surface area contributed by atoms with E-state index in [9.17, 15) is 4.79 Å². The van der Waals surface area contributed by atoms with E-state index in [0.717, 1.165) is 0 Å². The largest absolute Gasteiger partial charge is 0.468 e. The minimum atomic E-state index is -2.08. The van der Waals surface area contributed by atoms with Crippen LogP contribution in [0.4, 0.5) is 0 Å². The Bertz CT molecular complexity index is 717. The van der Waals surface area contributed by atoms with Crippen LogP contribution in [-0.4, -0.2) is 27.0 Å². The Balaban J connectivity index is 2.55. The molecule has 0 radical (unpaired) electrons. The lowest BCUT2D eigenvalue weighted by Gasteiger charge is -2.46. The summed E-state index contributed by atoms with van der Waals surface area (Å²) < 4.78 is 13.6. The van der Waals surface area contributed by atoms with Crippen molar-refractivity contribution in [3.63, 3.8) is 0 Å². The van der Waals surface area contributed by atoms with Crippen molar-refractivity contribution in [3.05, 3.63) is 33.4 Å². The third-order valence-electron chi connectivity index (χ3n) is 6.67. The van der Waals surface area contributed by atoms with Gasteiger partial charge in [0.1, 0.15) is 5.41 Å². The predicted molar refractivity (Wildman–Crippen MR) is 122 cm³/mol. The molecule has 2 atom stereocenters. The maximum absolute atomic E-state index is 13.1. The fourth-order valence-corrected chi connectivity index (χ4v) is 6.25. The molecule has 0 heterocycles. The number of benzene rings is 1. The normalized spacial score (nSPS) is 26.0. The highest BCUT2D eigenvalue weighted by Gasteiger charge is 2.79. The summed E-state index contributed by atoms with van der Waals surface area (Å²) in [4.78, 5) is 13.1. The van der Waals surface area contributed by atoms with Crippen LogP contribution in [0.5, 0.6) is 0 Å². The predicted octanol–water partition coefficient (Wildman–Crippen LogP) is 6.20. The average molecular weight is 503 g/mol. The molecule has 1 aromatic carbocycles. The van der Waals surface area contributed by atoms with Gasteiger partial charge < -0.3 is 9.16 Å². The molecule has 2 rings (SSSR count). The second kappa shape index (κ2) is 7.13. The summed E-state index contributed by atoms with van der Waals surface area (Å²) in [5.74, 6) is -0.143. The van der Waals surface area contributed by atoms with Gasteiger partial charge in [0.15, 0.2) is 8.32 Å². The Morgan fingerprint density at radius 1 is 1.15 bits per heavy atom. The van der Waals surface area contributed by atoms with Crippen molar-refractivity contribution in [3.8, 4) is 0 Å². The molecule has 5 heteroatoms. The SMILES string of the molecule is COC(=O)[C@@]1(Cc2ccccc2I)C[C@@]1(O[Si](C)(C)C(C)(C)C)C(C)(C)C. The smallest absolute Gasteiger partial charge is 0.315 e. The first-order valence-electron chi connectivity index (χ1n) is 9.66. The van der Waals surface area contributed by atoms with Crippen molar-refractivity contribution in [2.24, 2.45) is 10.8 Å². The summed E-state index contributed by atoms with van der Waals surface area (Å²) in [6.45, 7) is 17.9. The van der Waals surface area contributed by atoms with Crippen LogP contribution in [0, 0.1) is 14.4 Å². The van der Waals surface area contributed by atoms with Crippen molar-refractivity contribution < 1.29 is 14.0 Å². The highest BCUT2D eigenvalue weighted by molar-refractivity contribution is 14.1. The third kappa shape index (κ3) is 3.88. The number of rotatable bonds is 5. The minimum absolute atomic E-state index is 0.0802. The molecule has 0 amide bonds. The highest BCUT2D eigenvalue weighted by atomic mass is 127. The Morgan fingerprint density at radius 3 is 2.15 bits per heavy atom. The third-order valence-corrected chi connectivity index (χ3v) is 12.2. The summed E-state index contributed by atoms with van der Waals surface area (Å²) in [5.41, 5.74) is -0.114. The van der Waals surface area contributed by atoms with Crippen molar-refractivity contribution in [1.82, 2.24) is 0 Å². The number of hydrogen-bond donors (Lipinski definition) is 0. The van der Waals surface area contributed by atoms with Crippen molar-refractivity contribution >= 4 is 36.9 Å². The fourth-order valence-electron chi connectivity index (χ4n) is 3.92. The van der Waals surface area contributed by atoms with Gasteiger partial charge in [0.05, 0.1) is 12.7 Å². The fraction of sp³-hybridized carbons (Fsp3) is 0.682. The van der Waals surface area contributed by atoms with E-state index in [-0.39, 0.29) is 16.4 Å². The summed E-state index contributed by atoms with van der Waals surface area (Å²) in [6, 6.07) is 8.28. The number of halogens is 1. The van der Waals surface area contributed by atoms with Crippen molar-refractivity contribution in [2.75, 3.05) is 7.11 Å². The Hall–Kier alpha value is -0.403. The molecule has 1 aliphatic rings. The van der Waals surface area contributed by atoms with Gasteiger partial charge in [-0.15, -0.1) is 0 Å². The van der Waals surface area contributed by atoms with Crippen LogP contribution in [0.2, 0.25) is 18.1 Å². The molecule has 27 heavy (non-hydrogen) atoms. The Kier molecular flexibility index (Phi) is 6.04. The summed E-state index contributed by atoms with van der Waals surface area (Å²) in [7, 11) is -0.577. The molecule has 0 bridgehead atoms. The van der Waals surface area contributed by atoms with Crippen molar-refractivity contribution in [2.45, 2.75) is 78.1 Å². The molecular weight excluding hydrogens is 467 g/mol. The van der Waals surface area contributed by atoms with Gasteiger partial charge in [-0.05, 0) is 70.6 Å². The van der Waals surface area contributed by atoms with E-state index in [1.807, 2.05) is 12.1 Å². The minimum Gasteiger partial charge on any atom is -0.468 e. The summed E-state index contributed by atoms with van der Waals surface area (Å²) in [6.07, 6.45) is 1.37. The molecule has 0 saturated heterocycles. The van der Waals surface area contributed by atoms with Crippen LogP contribution in [0.1, 0.15) is 53.5 Å². The zero-order valence-electron chi connectivity index (χ0n) is 18.3. The number of ether oxygens (including phenoxy) is 1. The van der Waals surface area contributed by atoms with Gasteiger partial charge in [-0.25, -0.2) is 0 Å². The average Bonchev–Trinajstić information content (AvgIpc) is 3.16. The number of carbonyl (C=O) groups is 1. The van der Waals surface area contributed by atoms with Crippen LogP contribution >= 0.6 is 22.6 Å². The lowest BCUT2D eigenvalue weighted by molar-refractivity contribution is -0.152. The molecule has 3 nitrogen and oxygen atoms in total. The van der Waals surface area contributed by atoms with E-state index in [1.54, 1.807) is 0 Å². The van der Waals surface area contributed by atoms with Crippen LogP contribution in [-0.2, 0) is 20.4 Å². The summed E-state index contributed by atoms with van der Waals surface area (Å²) in [5, 5.41) is 0.0802. The highest BCUT2D eigenvalue weighted by Crippen LogP contribution is 2.70. The molecule has 0 unspecified atom stereocenters. The number of esters is 1. The molecule has 0 spiro atoms. The van der Waals surface area contributed by atoms with Gasteiger partial charge in [-0.3, -0.25) is 4.79 Å². The van der Waals surface area contributed by atoms with E-state index < -0.39 is 19.3 Å². The lowest BCUT2D eigenvalue weighted by Crippen LogP contribution is -2.52. The standard InChI is InChI=1S/C22H35IO3Si/c1-19(2,3)22(26-27(8,9)20(4,5)6)15-21(22,18(24)25-7)14-16-12-10-11-13-17(16)23/h10-13H,14-15H2,1-9H3/t21-,22-/m1/s1. The molecular formula is C22H35IO3Si. The molecule has 152 valence electrons. The van der Waals surface area contributed by atoms with Crippen LogP contribution < -0.4 is 0 Å². The van der Waals surface area contributed by atoms with Crippen LogP contribution in [0.15, 0.2) is 24.3 Å². The molecule has 1 saturated carbocycles. The van der Waals surface area contributed by atoms with Gasteiger partial charge >= 0.3 is 5.97 Å². The maximum atomic E-state index is 13.1. The number of hydrogen-bond acceptors (Lipinski definition) is 3. The first kappa shape index (κ1) is 22.9. The summed E-state index contributed by atoms with van der Waals surface area (Å²) >= 11 is 2.35. The van der Waals surface area contributed by atoms with Gasteiger partial charge in [-0.2, -0.15) is 0 Å². The zero-order valence-corrected chi connectivity index (χ0v) is 21.5. The monoisotopic (exact) mass is 502 g/mol. The van der Waals surface area contributed by atoms with E-state index in [4.69, 9.17) is 9.16 Å². The van der Waals surface area contributed by atoms with E-state index in [0.29, 0.717) is 12.8 Å². The Morgan fingerprint density at radius 2 is 1.70 bits per heavy atom. The van der Waals surface area contributed by atoms with Crippen LogP contribution in [0.3, 0.4) is 0 Å². The number of methoxy groups -OCH3 is 1. The molecule has 1 fully saturated rings. The van der Waals surface area contributed by atoms with Gasteiger partial charge in [0.2, 0.25) is 0 Å². The second-order valence-electron chi connectivity index (χ2n) is 10.5. The number of carbonyl (C=O) groups excluding carboxylic acids is 1. The molecule has 0 aromatic heterocycles. The van der Waals surface area contributed by atoms with E-state index in [1.165, 1.54) is 16.2 Å². The molecule has 1 aromatic rings. The quantitative estimate of drug-likeness (QED) is 0.273. The van der Waals surface area contributed by atoms with Gasteiger partial charge in [0, 0.05) is 3.57 Å². The molecule has 0 aliphatic heterocycles. The van der Waals surface area contributed by atoms with E-state index >= 15 is 0 Å². The topological polar surface area (TPSA) is 35.5 Å². The first-order chi connectivity index (χ1) is 12.1. The van der Waals surface area contributed by atoms with E-state index in [2.05, 4.69) is 89.4 Å². The molecule has 0 N–H and O–H groups in total. The van der Waals surface area contributed by atoms with Gasteiger partial charge in [0.25, 0.3) is 0 Å².